The normalized spacial score (nSPS) is 18.1. The number of halogens is 1. The minimum atomic E-state index is -0.743. The molecular formula is C12H13BrO4. The zero-order valence-electron chi connectivity index (χ0n) is 9.66. The van der Waals surface area contributed by atoms with Crippen LogP contribution >= 0.6 is 15.9 Å². The lowest BCUT2D eigenvalue weighted by atomic mass is 10.1. The van der Waals surface area contributed by atoms with Gasteiger partial charge in [-0.1, -0.05) is 22.0 Å². The van der Waals surface area contributed by atoms with Crippen molar-refractivity contribution in [1.82, 2.24) is 0 Å². The maximum absolute atomic E-state index is 11.4. The molecule has 0 N–H and O–H groups in total. The van der Waals surface area contributed by atoms with Crippen LogP contribution in [-0.4, -0.2) is 26.3 Å². The Morgan fingerprint density at radius 3 is 2.59 bits per heavy atom. The molecule has 0 bridgehead atoms. The van der Waals surface area contributed by atoms with Crippen molar-refractivity contribution < 1.29 is 19.0 Å². The lowest BCUT2D eigenvalue weighted by molar-refractivity contribution is -0.150. The van der Waals surface area contributed by atoms with Gasteiger partial charge in [0.05, 0.1) is 25.9 Å². The first kappa shape index (κ1) is 12.5. The molecule has 17 heavy (non-hydrogen) atoms. The molecule has 0 aromatic heterocycles. The Morgan fingerprint density at radius 1 is 1.41 bits per heavy atom. The van der Waals surface area contributed by atoms with Gasteiger partial charge in [-0.05, 0) is 19.1 Å². The Kier molecular flexibility index (Phi) is 3.51. The summed E-state index contributed by atoms with van der Waals surface area (Å²) in [6.45, 7) is 3.00. The SMILES string of the molecule is COC(=O)c1ccc(C2(C)OCCO2)c(Br)c1. The third-order valence-corrected chi connectivity index (χ3v) is 3.37. The molecule has 0 saturated carbocycles. The number of carbonyl (C=O) groups excluding carboxylic acids is 1. The standard InChI is InChI=1S/C12H13BrO4/c1-12(16-5-6-17-12)9-4-3-8(7-10(9)13)11(14)15-2/h3-4,7H,5-6H2,1-2H3. The van der Waals surface area contributed by atoms with Crippen LogP contribution in [0.25, 0.3) is 0 Å². The summed E-state index contributed by atoms with van der Waals surface area (Å²) in [5.41, 5.74) is 1.35. The van der Waals surface area contributed by atoms with Gasteiger partial charge in [-0.2, -0.15) is 0 Å². The molecule has 92 valence electrons. The van der Waals surface area contributed by atoms with E-state index < -0.39 is 5.79 Å². The Hall–Kier alpha value is -0.910. The first-order valence-corrected chi connectivity index (χ1v) is 6.02. The number of rotatable bonds is 2. The minimum absolute atomic E-state index is 0.365. The van der Waals surface area contributed by atoms with Gasteiger partial charge in [-0.25, -0.2) is 4.79 Å². The Balaban J connectivity index is 2.34. The third kappa shape index (κ3) is 2.36. The van der Waals surface area contributed by atoms with Crippen molar-refractivity contribution in [3.8, 4) is 0 Å². The fourth-order valence-electron chi connectivity index (χ4n) is 1.80. The fourth-order valence-corrected chi connectivity index (χ4v) is 2.54. The molecule has 1 saturated heterocycles. The highest BCUT2D eigenvalue weighted by Gasteiger charge is 2.35. The molecule has 0 radical (unpaired) electrons. The van der Waals surface area contributed by atoms with Crippen LogP contribution in [0.3, 0.4) is 0 Å². The number of hydrogen-bond donors (Lipinski definition) is 0. The second-order valence-corrected chi connectivity index (χ2v) is 4.68. The van der Waals surface area contributed by atoms with Crippen molar-refractivity contribution >= 4 is 21.9 Å². The van der Waals surface area contributed by atoms with Gasteiger partial charge in [0.1, 0.15) is 0 Å². The van der Waals surface area contributed by atoms with E-state index in [-0.39, 0.29) is 5.97 Å². The summed E-state index contributed by atoms with van der Waals surface area (Å²) in [7, 11) is 1.36. The van der Waals surface area contributed by atoms with Crippen molar-refractivity contribution in [2.45, 2.75) is 12.7 Å². The Morgan fingerprint density at radius 2 is 2.06 bits per heavy atom. The largest absolute Gasteiger partial charge is 0.465 e. The van der Waals surface area contributed by atoms with Crippen LogP contribution in [0.5, 0.6) is 0 Å². The predicted molar refractivity (Wildman–Crippen MR) is 64.7 cm³/mol. The molecule has 1 aromatic carbocycles. The van der Waals surface area contributed by atoms with Gasteiger partial charge in [0.2, 0.25) is 0 Å². The summed E-state index contributed by atoms with van der Waals surface area (Å²) >= 11 is 3.42. The van der Waals surface area contributed by atoms with E-state index in [0.29, 0.717) is 18.8 Å². The molecule has 0 aliphatic carbocycles. The van der Waals surface area contributed by atoms with Crippen LogP contribution in [0.2, 0.25) is 0 Å². The summed E-state index contributed by atoms with van der Waals surface area (Å²) in [5.74, 6) is -1.11. The predicted octanol–water partition coefficient (Wildman–Crippen LogP) is 2.46. The number of carbonyl (C=O) groups is 1. The van der Waals surface area contributed by atoms with Gasteiger partial charge in [0.25, 0.3) is 0 Å². The Labute approximate surface area is 108 Å². The molecule has 1 heterocycles. The number of benzene rings is 1. The highest BCUT2D eigenvalue weighted by molar-refractivity contribution is 9.10. The monoisotopic (exact) mass is 300 g/mol. The van der Waals surface area contributed by atoms with E-state index in [0.717, 1.165) is 10.0 Å². The van der Waals surface area contributed by atoms with E-state index in [2.05, 4.69) is 20.7 Å². The van der Waals surface area contributed by atoms with Gasteiger partial charge >= 0.3 is 5.97 Å². The molecule has 1 aliphatic heterocycles. The van der Waals surface area contributed by atoms with Crippen molar-refractivity contribution in [2.75, 3.05) is 20.3 Å². The first-order valence-electron chi connectivity index (χ1n) is 5.23. The molecular weight excluding hydrogens is 288 g/mol. The summed E-state index contributed by atoms with van der Waals surface area (Å²) in [6, 6.07) is 5.21. The van der Waals surface area contributed by atoms with Crippen molar-refractivity contribution in [3.63, 3.8) is 0 Å². The van der Waals surface area contributed by atoms with Crippen molar-refractivity contribution in [1.29, 1.82) is 0 Å². The molecule has 1 fully saturated rings. The maximum Gasteiger partial charge on any atom is 0.337 e. The summed E-state index contributed by atoms with van der Waals surface area (Å²) in [5, 5.41) is 0. The number of ether oxygens (including phenoxy) is 3. The zero-order chi connectivity index (χ0) is 12.5. The minimum Gasteiger partial charge on any atom is -0.465 e. The van der Waals surface area contributed by atoms with E-state index in [4.69, 9.17) is 9.47 Å². The quantitative estimate of drug-likeness (QED) is 0.787. The van der Waals surface area contributed by atoms with Crippen LogP contribution in [0.15, 0.2) is 22.7 Å². The maximum atomic E-state index is 11.4. The molecule has 5 heteroatoms. The van der Waals surface area contributed by atoms with Crippen LogP contribution in [0, 0.1) is 0 Å². The topological polar surface area (TPSA) is 44.8 Å². The fraction of sp³-hybridized carbons (Fsp3) is 0.417. The molecule has 2 rings (SSSR count). The molecule has 4 nitrogen and oxygen atoms in total. The third-order valence-electron chi connectivity index (χ3n) is 2.72. The highest BCUT2D eigenvalue weighted by Crippen LogP contribution is 2.35. The number of esters is 1. The summed E-state index contributed by atoms with van der Waals surface area (Å²) in [4.78, 5) is 11.4. The first-order chi connectivity index (χ1) is 8.07. The lowest BCUT2D eigenvalue weighted by Gasteiger charge is -2.24. The average molecular weight is 301 g/mol. The number of hydrogen-bond acceptors (Lipinski definition) is 4. The van der Waals surface area contributed by atoms with Gasteiger partial charge in [-0.3, -0.25) is 0 Å². The summed E-state index contributed by atoms with van der Waals surface area (Å²) in [6.07, 6.45) is 0. The van der Waals surface area contributed by atoms with Crippen LogP contribution in [0.1, 0.15) is 22.8 Å². The van der Waals surface area contributed by atoms with Crippen LogP contribution < -0.4 is 0 Å². The van der Waals surface area contributed by atoms with Gasteiger partial charge in [0, 0.05) is 10.0 Å². The molecule has 1 aliphatic rings. The second kappa shape index (κ2) is 4.76. The molecule has 0 atom stereocenters. The van der Waals surface area contributed by atoms with Gasteiger partial charge in [0.15, 0.2) is 5.79 Å². The highest BCUT2D eigenvalue weighted by atomic mass is 79.9. The Bertz CT molecular complexity index is 438. The molecule has 0 amide bonds. The summed E-state index contributed by atoms with van der Waals surface area (Å²) < 4.78 is 16.6. The smallest absolute Gasteiger partial charge is 0.337 e. The van der Waals surface area contributed by atoms with Gasteiger partial charge in [-0.15, -0.1) is 0 Å². The van der Waals surface area contributed by atoms with Crippen LogP contribution in [0.4, 0.5) is 0 Å². The molecule has 0 unspecified atom stereocenters. The lowest BCUT2D eigenvalue weighted by Crippen LogP contribution is -2.23. The average Bonchev–Trinajstić information content (AvgIpc) is 2.75. The van der Waals surface area contributed by atoms with Crippen molar-refractivity contribution in [3.05, 3.63) is 33.8 Å². The zero-order valence-corrected chi connectivity index (χ0v) is 11.2. The van der Waals surface area contributed by atoms with Gasteiger partial charge < -0.3 is 14.2 Å². The molecule has 1 aromatic rings. The van der Waals surface area contributed by atoms with E-state index in [9.17, 15) is 4.79 Å². The van der Waals surface area contributed by atoms with E-state index in [1.54, 1.807) is 12.1 Å². The van der Waals surface area contributed by atoms with E-state index in [1.165, 1.54) is 7.11 Å². The second-order valence-electron chi connectivity index (χ2n) is 3.83. The van der Waals surface area contributed by atoms with Crippen molar-refractivity contribution in [2.24, 2.45) is 0 Å². The van der Waals surface area contributed by atoms with E-state index in [1.807, 2.05) is 13.0 Å². The molecule has 0 spiro atoms. The van der Waals surface area contributed by atoms with E-state index >= 15 is 0 Å². The van der Waals surface area contributed by atoms with Crippen LogP contribution in [-0.2, 0) is 20.0 Å². The number of methoxy groups -OCH3 is 1.